The normalized spacial score (nSPS) is 20.9. The van der Waals surface area contributed by atoms with Crippen LogP contribution in [0, 0.1) is 39.8 Å². The SMILES string of the molecule is Cc1cc(C)c2c(c1)[C@@]1(C)N=C(c3[c-]c(N4c5[c-]c6c(cc5S(=O)(=O)c5ccccc54)c4ccccc4n6-c4cc(C(C)(C)C)ccn4)c(C)cc3C)O[C@@]1(C)C2(C)C.[Pt+2]. The second-order valence-electron chi connectivity index (χ2n) is 18.7. The Labute approximate surface area is 367 Å². The van der Waals surface area contributed by atoms with E-state index in [1.54, 1.807) is 12.1 Å². The number of pyridine rings is 1. The zero-order valence-corrected chi connectivity index (χ0v) is 39.0. The Morgan fingerprint density at radius 3 is 2.22 bits per heavy atom. The molecule has 0 unspecified atom stereocenters. The van der Waals surface area contributed by atoms with Crippen LogP contribution in [0.4, 0.5) is 17.1 Å². The average Bonchev–Trinajstić information content (AvgIpc) is 3.69. The summed E-state index contributed by atoms with van der Waals surface area (Å²) in [6.45, 7) is 23.9. The van der Waals surface area contributed by atoms with Crippen LogP contribution in [-0.4, -0.2) is 29.5 Å². The molecule has 306 valence electrons. The van der Waals surface area contributed by atoms with Gasteiger partial charge >= 0.3 is 21.1 Å². The summed E-state index contributed by atoms with van der Waals surface area (Å²) in [5.74, 6) is 1.28. The molecule has 2 atom stereocenters. The van der Waals surface area contributed by atoms with Crippen LogP contribution in [0.15, 0.2) is 106 Å². The van der Waals surface area contributed by atoms with Crippen LogP contribution in [-0.2, 0) is 52.0 Å². The number of anilines is 3. The zero-order chi connectivity index (χ0) is 41.8. The minimum atomic E-state index is -3.97. The van der Waals surface area contributed by atoms with Crippen molar-refractivity contribution in [2.45, 2.75) is 108 Å². The Kier molecular flexibility index (Phi) is 8.74. The molecule has 0 bridgehead atoms. The Bertz CT molecular complexity index is 3160. The van der Waals surface area contributed by atoms with E-state index in [0.29, 0.717) is 23.0 Å². The number of hydrogen-bond donors (Lipinski definition) is 0. The molecule has 0 fully saturated rings. The molecule has 7 aromatic rings. The number of aromatic nitrogens is 2. The molecule has 4 heterocycles. The van der Waals surface area contributed by atoms with E-state index in [-0.39, 0.29) is 41.7 Å². The molecule has 0 N–H and O–H groups in total. The van der Waals surface area contributed by atoms with Crippen molar-refractivity contribution in [2.75, 3.05) is 4.90 Å². The van der Waals surface area contributed by atoms with E-state index >= 15 is 0 Å². The molecular weight excluding hydrogens is 944 g/mol. The van der Waals surface area contributed by atoms with Gasteiger partial charge in [-0.25, -0.2) is 13.4 Å². The quantitative estimate of drug-likeness (QED) is 0.165. The van der Waals surface area contributed by atoms with E-state index in [1.807, 2.05) is 54.4 Å². The van der Waals surface area contributed by atoms with E-state index in [9.17, 15) is 8.42 Å². The summed E-state index contributed by atoms with van der Waals surface area (Å²) < 4.78 is 38.8. The van der Waals surface area contributed by atoms with Crippen LogP contribution >= 0.6 is 0 Å². The maximum absolute atomic E-state index is 14.8. The van der Waals surface area contributed by atoms with Gasteiger partial charge in [-0.3, -0.25) is 4.99 Å². The third kappa shape index (κ3) is 5.25. The number of ether oxygens (including phenoxy) is 1. The van der Waals surface area contributed by atoms with Gasteiger partial charge in [0.05, 0.1) is 10.6 Å². The smallest absolute Gasteiger partial charge is 0.510 e. The second kappa shape index (κ2) is 13.0. The van der Waals surface area contributed by atoms with Crippen LogP contribution in [0.1, 0.15) is 93.0 Å². The maximum atomic E-state index is 14.8. The van der Waals surface area contributed by atoms with E-state index in [4.69, 9.17) is 14.7 Å². The van der Waals surface area contributed by atoms with Gasteiger partial charge in [0.15, 0.2) is 9.84 Å². The first-order valence-electron chi connectivity index (χ1n) is 20.3. The van der Waals surface area contributed by atoms with Crippen LogP contribution < -0.4 is 4.90 Å². The van der Waals surface area contributed by atoms with Crippen molar-refractivity contribution in [3.8, 4) is 5.82 Å². The van der Waals surface area contributed by atoms with Crippen LogP contribution in [0.5, 0.6) is 0 Å². The first-order chi connectivity index (χ1) is 27.8. The molecular formula is C51H48N4O3PtS. The van der Waals surface area contributed by atoms with Gasteiger partial charge in [-0.1, -0.05) is 108 Å². The van der Waals surface area contributed by atoms with Gasteiger partial charge in [-0.05, 0) is 107 Å². The van der Waals surface area contributed by atoms with Gasteiger partial charge in [0.1, 0.15) is 22.9 Å². The molecule has 7 nitrogen and oxygen atoms in total. The van der Waals surface area contributed by atoms with Crippen molar-refractivity contribution in [1.29, 1.82) is 0 Å². The predicted molar refractivity (Wildman–Crippen MR) is 237 cm³/mol. The van der Waals surface area contributed by atoms with Gasteiger partial charge in [-0.15, -0.1) is 40.8 Å². The number of aryl methyl sites for hydroxylation is 4. The van der Waals surface area contributed by atoms with E-state index in [2.05, 4.69) is 122 Å². The van der Waals surface area contributed by atoms with Crippen molar-refractivity contribution in [3.63, 3.8) is 0 Å². The van der Waals surface area contributed by atoms with Gasteiger partial charge in [0, 0.05) is 17.1 Å². The van der Waals surface area contributed by atoms with Crippen LogP contribution in [0.25, 0.3) is 27.6 Å². The molecule has 60 heavy (non-hydrogen) atoms. The fourth-order valence-electron chi connectivity index (χ4n) is 10.3. The monoisotopic (exact) mass is 991 g/mol. The van der Waals surface area contributed by atoms with Crippen molar-refractivity contribution in [3.05, 3.63) is 148 Å². The van der Waals surface area contributed by atoms with E-state index in [0.717, 1.165) is 49.9 Å². The fraction of sp³-hybridized carbons (Fsp3) is 0.294. The topological polar surface area (TPSA) is 76.8 Å². The number of hydrogen-bond acceptors (Lipinski definition) is 6. The molecule has 2 aromatic heterocycles. The van der Waals surface area contributed by atoms with Crippen LogP contribution in [0.2, 0.25) is 0 Å². The number of aliphatic imine (C=N–C) groups is 1. The molecule has 0 saturated carbocycles. The third-order valence-corrected chi connectivity index (χ3v) is 15.5. The maximum Gasteiger partial charge on any atom is 2.00 e. The average molecular weight is 992 g/mol. The summed E-state index contributed by atoms with van der Waals surface area (Å²) in [7, 11) is -3.97. The number of sulfone groups is 1. The molecule has 5 aromatic carbocycles. The standard InChI is InChI=1S/C51H48N4O3S.Pt/c1-29-22-32(4)46-37(23-29)50(10)51(11,49(46,8)9)58-47(53-50)35-26-40(31(3)24-30(35)2)54-39-18-14-15-19-43(39)59(56,57)44-27-36-34-16-12-13-17-38(34)55(41(36)28-42(44)54)45-25-33(20-21-52-45)48(5,6)7;/h12-25,27H,1-11H3;/q-2;+2/t50-,51+;/m1./s1. The van der Waals surface area contributed by atoms with Gasteiger partial charge in [0.2, 0.25) is 0 Å². The van der Waals surface area contributed by atoms with Crippen molar-refractivity contribution in [1.82, 2.24) is 9.55 Å². The van der Waals surface area contributed by atoms with Gasteiger partial charge in [-0.2, -0.15) is 0 Å². The second-order valence-corrected chi connectivity index (χ2v) is 20.6. The summed E-state index contributed by atoms with van der Waals surface area (Å²) in [6, 6.07) is 35.4. The Morgan fingerprint density at radius 2 is 1.47 bits per heavy atom. The predicted octanol–water partition coefficient (Wildman–Crippen LogP) is 11.7. The number of benzene rings is 5. The minimum absolute atomic E-state index is 0. The molecule has 3 aliphatic rings. The Balaban J connectivity index is 0.00000462. The summed E-state index contributed by atoms with van der Waals surface area (Å²) in [4.78, 5) is 12.8. The molecule has 0 amide bonds. The molecule has 9 heteroatoms. The number of fused-ring (bicyclic) bond motifs is 8. The Hall–Kier alpha value is -5.04. The summed E-state index contributed by atoms with van der Waals surface area (Å²) in [6.07, 6.45) is 1.85. The van der Waals surface area contributed by atoms with Crippen LogP contribution in [0.3, 0.4) is 0 Å². The number of nitrogens with zero attached hydrogens (tertiary/aromatic N) is 4. The summed E-state index contributed by atoms with van der Waals surface area (Å²) >= 11 is 0. The summed E-state index contributed by atoms with van der Waals surface area (Å²) in [5.41, 5.74) is 10.3. The van der Waals surface area contributed by atoms with E-state index in [1.165, 1.54) is 22.3 Å². The molecule has 2 aliphatic heterocycles. The zero-order valence-electron chi connectivity index (χ0n) is 35.9. The fourth-order valence-corrected chi connectivity index (χ4v) is 11.9. The molecule has 0 spiro atoms. The molecule has 0 saturated heterocycles. The van der Waals surface area contributed by atoms with Gasteiger partial charge in [0.25, 0.3) is 0 Å². The van der Waals surface area contributed by atoms with E-state index < -0.39 is 21.0 Å². The first kappa shape index (κ1) is 40.4. The minimum Gasteiger partial charge on any atom is -0.510 e. The third-order valence-electron chi connectivity index (χ3n) is 13.7. The Morgan fingerprint density at radius 1 is 0.750 bits per heavy atom. The summed E-state index contributed by atoms with van der Waals surface area (Å²) in [5, 5.41) is 1.70. The molecule has 0 radical (unpaired) electrons. The molecule has 10 rings (SSSR count). The van der Waals surface area contributed by atoms with Crippen molar-refractivity contribution < 1.29 is 34.2 Å². The first-order valence-corrected chi connectivity index (χ1v) is 21.8. The number of para-hydroxylation sites is 2. The van der Waals surface area contributed by atoms with Gasteiger partial charge < -0.3 is 14.2 Å². The van der Waals surface area contributed by atoms with Crippen molar-refractivity contribution in [2.24, 2.45) is 4.99 Å². The number of rotatable bonds is 3. The largest absolute Gasteiger partial charge is 2.00 e. The van der Waals surface area contributed by atoms with Crippen molar-refractivity contribution >= 4 is 54.6 Å². The molecule has 1 aliphatic carbocycles.